The molecule has 2 aromatic carbocycles. The second kappa shape index (κ2) is 6.21. The van der Waals surface area contributed by atoms with Crippen LogP contribution < -0.4 is 9.57 Å². The molecule has 2 rings (SSSR count). The van der Waals surface area contributed by atoms with E-state index in [1.165, 1.54) is 18.3 Å². The van der Waals surface area contributed by atoms with E-state index in [1.807, 2.05) is 0 Å². The number of nitrogens with one attached hydrogen (secondary N) is 1. The van der Waals surface area contributed by atoms with Crippen molar-refractivity contribution in [1.82, 2.24) is 4.83 Å². The summed E-state index contributed by atoms with van der Waals surface area (Å²) in [6.45, 7) is 0. The van der Waals surface area contributed by atoms with Crippen molar-refractivity contribution < 1.29 is 13.2 Å². The summed E-state index contributed by atoms with van der Waals surface area (Å²) < 4.78 is 28.9. The molecule has 6 heteroatoms. The lowest BCUT2D eigenvalue weighted by atomic mass is 10.2. The third-order valence-corrected chi connectivity index (χ3v) is 3.77. The molecule has 0 aliphatic carbocycles. The minimum atomic E-state index is -3.63. The number of rotatable bonds is 5. The van der Waals surface area contributed by atoms with E-state index in [1.54, 1.807) is 49.6 Å². The monoisotopic (exact) mass is 290 g/mol. The van der Waals surface area contributed by atoms with Crippen LogP contribution in [0.4, 0.5) is 0 Å². The zero-order valence-corrected chi connectivity index (χ0v) is 11.7. The Morgan fingerprint density at radius 1 is 1.10 bits per heavy atom. The number of hydrogen-bond donors (Lipinski definition) is 1. The van der Waals surface area contributed by atoms with Gasteiger partial charge in [-0.1, -0.05) is 30.3 Å². The Kier molecular flexibility index (Phi) is 4.37. The minimum Gasteiger partial charge on any atom is -0.497 e. The molecule has 0 aliphatic heterocycles. The molecule has 0 aromatic heterocycles. The molecular formula is C14H14N2O3S. The van der Waals surface area contributed by atoms with E-state index in [9.17, 15) is 8.42 Å². The number of benzene rings is 2. The van der Waals surface area contributed by atoms with Crippen molar-refractivity contribution in [2.75, 3.05) is 7.11 Å². The van der Waals surface area contributed by atoms with Gasteiger partial charge in [-0.3, -0.25) is 0 Å². The minimum absolute atomic E-state index is 0.169. The SMILES string of the molecule is COc1cccc(C=NNS(=O)(=O)c2ccccc2)c1. The quantitative estimate of drug-likeness (QED) is 0.676. The first-order valence-electron chi connectivity index (χ1n) is 5.86. The molecule has 0 aliphatic rings. The van der Waals surface area contributed by atoms with Gasteiger partial charge in [-0.2, -0.15) is 13.5 Å². The van der Waals surface area contributed by atoms with Crippen molar-refractivity contribution in [2.24, 2.45) is 5.10 Å². The highest BCUT2D eigenvalue weighted by Gasteiger charge is 2.10. The second-order valence-corrected chi connectivity index (χ2v) is 5.60. The Balaban J connectivity index is 2.10. The maximum Gasteiger partial charge on any atom is 0.276 e. The molecule has 0 fully saturated rings. The van der Waals surface area contributed by atoms with Crippen LogP contribution in [0.1, 0.15) is 5.56 Å². The summed E-state index contributed by atoms with van der Waals surface area (Å²) in [7, 11) is -2.06. The summed E-state index contributed by atoms with van der Waals surface area (Å²) in [5.41, 5.74) is 0.736. The van der Waals surface area contributed by atoms with Crippen LogP contribution in [0.15, 0.2) is 64.6 Å². The number of hydrogen-bond acceptors (Lipinski definition) is 4. The van der Waals surface area contributed by atoms with Gasteiger partial charge in [-0.15, -0.1) is 0 Å². The fraction of sp³-hybridized carbons (Fsp3) is 0.0714. The molecule has 0 heterocycles. The van der Waals surface area contributed by atoms with Gasteiger partial charge >= 0.3 is 0 Å². The Labute approximate surface area is 118 Å². The van der Waals surface area contributed by atoms with Crippen LogP contribution in [0.5, 0.6) is 5.75 Å². The first-order valence-corrected chi connectivity index (χ1v) is 7.34. The van der Waals surface area contributed by atoms with Gasteiger partial charge in [0.2, 0.25) is 0 Å². The predicted molar refractivity (Wildman–Crippen MR) is 77.4 cm³/mol. The van der Waals surface area contributed by atoms with Crippen LogP contribution >= 0.6 is 0 Å². The van der Waals surface area contributed by atoms with E-state index in [-0.39, 0.29) is 4.90 Å². The number of hydrazone groups is 1. The van der Waals surface area contributed by atoms with Gasteiger partial charge in [0.25, 0.3) is 10.0 Å². The Morgan fingerprint density at radius 3 is 2.55 bits per heavy atom. The summed E-state index contributed by atoms with van der Waals surface area (Å²) in [6.07, 6.45) is 1.42. The molecular weight excluding hydrogens is 276 g/mol. The van der Waals surface area contributed by atoms with Crippen LogP contribution in [0.3, 0.4) is 0 Å². The fourth-order valence-corrected chi connectivity index (χ4v) is 2.36. The molecule has 0 bridgehead atoms. The van der Waals surface area contributed by atoms with Gasteiger partial charge in [0.15, 0.2) is 0 Å². The summed E-state index contributed by atoms with van der Waals surface area (Å²) in [5, 5.41) is 3.75. The van der Waals surface area contributed by atoms with Gasteiger partial charge in [-0.25, -0.2) is 4.83 Å². The van der Waals surface area contributed by atoms with Crippen LogP contribution in [0.25, 0.3) is 0 Å². The van der Waals surface area contributed by atoms with Crippen LogP contribution in [-0.4, -0.2) is 21.7 Å². The van der Waals surface area contributed by atoms with Gasteiger partial charge in [0.1, 0.15) is 5.75 Å². The molecule has 0 spiro atoms. The van der Waals surface area contributed by atoms with Crippen molar-refractivity contribution in [2.45, 2.75) is 4.90 Å². The number of ether oxygens (including phenoxy) is 1. The van der Waals surface area contributed by atoms with Crippen molar-refractivity contribution in [3.05, 3.63) is 60.2 Å². The molecule has 5 nitrogen and oxygen atoms in total. The van der Waals surface area contributed by atoms with E-state index in [4.69, 9.17) is 4.74 Å². The number of sulfonamides is 1. The van der Waals surface area contributed by atoms with Crippen molar-refractivity contribution in [3.63, 3.8) is 0 Å². The van der Waals surface area contributed by atoms with Crippen LogP contribution in [-0.2, 0) is 10.0 Å². The van der Waals surface area contributed by atoms with Gasteiger partial charge < -0.3 is 4.74 Å². The number of nitrogens with zero attached hydrogens (tertiary/aromatic N) is 1. The molecule has 1 N–H and O–H groups in total. The molecule has 20 heavy (non-hydrogen) atoms. The van der Waals surface area contributed by atoms with Gasteiger partial charge in [0.05, 0.1) is 18.2 Å². The van der Waals surface area contributed by atoms with Gasteiger partial charge in [-0.05, 0) is 29.8 Å². The van der Waals surface area contributed by atoms with E-state index < -0.39 is 10.0 Å². The largest absolute Gasteiger partial charge is 0.497 e. The first kappa shape index (κ1) is 14.1. The predicted octanol–water partition coefficient (Wildman–Crippen LogP) is 2.01. The highest BCUT2D eigenvalue weighted by Crippen LogP contribution is 2.11. The molecule has 0 atom stereocenters. The highest BCUT2D eigenvalue weighted by molar-refractivity contribution is 7.89. The van der Waals surface area contributed by atoms with E-state index in [0.717, 1.165) is 5.56 Å². The third kappa shape index (κ3) is 3.58. The third-order valence-electron chi connectivity index (χ3n) is 2.53. The zero-order chi connectivity index (χ0) is 14.4. The molecule has 0 radical (unpaired) electrons. The summed E-state index contributed by atoms with van der Waals surface area (Å²) in [4.78, 5) is 2.33. The summed E-state index contributed by atoms with van der Waals surface area (Å²) >= 11 is 0. The average molecular weight is 290 g/mol. The Hall–Kier alpha value is -2.34. The van der Waals surface area contributed by atoms with Gasteiger partial charge in [0, 0.05) is 0 Å². The first-order chi connectivity index (χ1) is 9.62. The molecule has 2 aromatic rings. The lowest BCUT2D eigenvalue weighted by Crippen LogP contribution is -2.18. The van der Waals surface area contributed by atoms with E-state index in [0.29, 0.717) is 5.75 Å². The van der Waals surface area contributed by atoms with Crippen molar-refractivity contribution >= 4 is 16.2 Å². The lowest BCUT2D eigenvalue weighted by molar-refractivity contribution is 0.415. The summed E-state index contributed by atoms with van der Waals surface area (Å²) in [5.74, 6) is 0.680. The van der Waals surface area contributed by atoms with Crippen LogP contribution in [0.2, 0.25) is 0 Å². The fourth-order valence-electron chi connectivity index (χ4n) is 1.54. The van der Waals surface area contributed by atoms with Crippen molar-refractivity contribution in [3.8, 4) is 5.75 Å². The Bertz CT molecular complexity index is 697. The smallest absolute Gasteiger partial charge is 0.276 e. The molecule has 0 unspecified atom stereocenters. The number of methoxy groups -OCH3 is 1. The second-order valence-electron chi connectivity index (χ2n) is 3.94. The summed E-state index contributed by atoms with van der Waals surface area (Å²) in [6, 6.07) is 15.2. The van der Waals surface area contributed by atoms with E-state index in [2.05, 4.69) is 9.93 Å². The molecule has 104 valence electrons. The van der Waals surface area contributed by atoms with Crippen LogP contribution in [0, 0.1) is 0 Å². The highest BCUT2D eigenvalue weighted by atomic mass is 32.2. The molecule has 0 saturated heterocycles. The molecule has 0 amide bonds. The van der Waals surface area contributed by atoms with E-state index >= 15 is 0 Å². The zero-order valence-electron chi connectivity index (χ0n) is 10.9. The maximum absolute atomic E-state index is 11.9. The normalized spacial score (nSPS) is 11.4. The lowest BCUT2D eigenvalue weighted by Gasteiger charge is -2.03. The van der Waals surface area contributed by atoms with Crippen molar-refractivity contribution in [1.29, 1.82) is 0 Å². The molecule has 0 saturated carbocycles. The standard InChI is InChI=1S/C14H14N2O3S/c1-19-13-7-5-6-12(10-13)11-15-16-20(17,18)14-8-3-2-4-9-14/h2-11,16H,1H3. The Morgan fingerprint density at radius 2 is 1.85 bits per heavy atom. The topological polar surface area (TPSA) is 67.8 Å². The average Bonchev–Trinajstić information content (AvgIpc) is 2.48. The maximum atomic E-state index is 11.9.